The first-order chi connectivity index (χ1) is 22.1. The molecule has 0 saturated heterocycles. The van der Waals surface area contributed by atoms with Gasteiger partial charge in [-0.3, -0.25) is 19.4 Å². The zero-order valence-corrected chi connectivity index (χ0v) is 27.5. The lowest BCUT2D eigenvalue weighted by Crippen LogP contribution is -2.62. The number of esters is 3. The summed E-state index contributed by atoms with van der Waals surface area (Å²) < 4.78 is 22.7. The van der Waals surface area contributed by atoms with Crippen molar-refractivity contribution in [2.75, 3.05) is 24.7 Å². The fraction of sp³-hybridized carbons (Fsp3) is 0.459. The number of benzene rings is 3. The predicted octanol–water partition coefficient (Wildman–Crippen LogP) is 7.44. The third-order valence-electron chi connectivity index (χ3n) is 8.63. The second-order valence-corrected chi connectivity index (χ2v) is 12.8. The zero-order chi connectivity index (χ0) is 32.9. The summed E-state index contributed by atoms with van der Waals surface area (Å²) in [5, 5.41) is 1.74. The Labute approximate surface area is 270 Å². The van der Waals surface area contributed by atoms with Crippen LogP contribution in [0.1, 0.15) is 78.7 Å². The minimum Gasteiger partial charge on any atom is -0.466 e. The van der Waals surface area contributed by atoms with Crippen LogP contribution in [0.15, 0.2) is 59.6 Å². The first-order valence-corrected chi connectivity index (χ1v) is 16.3. The van der Waals surface area contributed by atoms with Crippen molar-refractivity contribution >= 4 is 46.3 Å². The highest BCUT2D eigenvalue weighted by Gasteiger charge is 2.59. The van der Waals surface area contributed by atoms with Crippen molar-refractivity contribution < 1.29 is 33.3 Å². The fourth-order valence-corrected chi connectivity index (χ4v) is 6.27. The van der Waals surface area contributed by atoms with Crippen LogP contribution >= 0.6 is 0 Å². The number of fused-ring (bicyclic) bond motifs is 4. The second kappa shape index (κ2) is 13.9. The Morgan fingerprint density at radius 3 is 2.41 bits per heavy atom. The molecule has 0 aliphatic carbocycles. The van der Waals surface area contributed by atoms with Gasteiger partial charge in [-0.1, -0.05) is 44.2 Å². The van der Waals surface area contributed by atoms with Gasteiger partial charge in [0.15, 0.2) is 0 Å². The first-order valence-electron chi connectivity index (χ1n) is 16.3. The number of unbranched alkanes of at least 4 members (excludes halogenated alkanes) is 2. The highest BCUT2D eigenvalue weighted by molar-refractivity contribution is 6.00. The average molecular weight is 629 g/mol. The standard InChI is InChI=1S/C37H44N2O7/c1-6-43-32(40)14-8-7-11-21-44-33(41)19-20-34(42)45-27-17-15-26-16-18-31-35(28(26)22-27)38-24-37(46-31)36(4,5)29-12-9-10-13-30(29)39(37)23-25(2)3/h9-10,12-13,15-18,22,24-25H,6-8,11,14,19-21,23H2,1-5H3. The monoisotopic (exact) mass is 628 g/mol. The summed E-state index contributed by atoms with van der Waals surface area (Å²) in [5.74, 6) is 0.236. The van der Waals surface area contributed by atoms with Crippen LogP contribution in [-0.2, 0) is 29.3 Å². The molecule has 5 rings (SSSR count). The topological polar surface area (TPSA) is 104 Å². The molecule has 46 heavy (non-hydrogen) atoms. The summed E-state index contributed by atoms with van der Waals surface area (Å²) in [4.78, 5) is 43.5. The summed E-state index contributed by atoms with van der Waals surface area (Å²) in [6, 6.07) is 17.8. The number of para-hydroxylation sites is 1. The van der Waals surface area contributed by atoms with Crippen molar-refractivity contribution in [2.45, 2.75) is 84.3 Å². The van der Waals surface area contributed by atoms with Crippen molar-refractivity contribution in [1.29, 1.82) is 0 Å². The van der Waals surface area contributed by atoms with Crippen molar-refractivity contribution in [2.24, 2.45) is 10.9 Å². The largest absolute Gasteiger partial charge is 0.466 e. The Morgan fingerprint density at radius 1 is 0.891 bits per heavy atom. The van der Waals surface area contributed by atoms with Crippen LogP contribution in [0.2, 0.25) is 0 Å². The summed E-state index contributed by atoms with van der Waals surface area (Å²) in [7, 11) is 0. The van der Waals surface area contributed by atoms with E-state index in [0.717, 1.165) is 29.4 Å². The number of carbonyl (C=O) groups excluding carboxylic acids is 3. The van der Waals surface area contributed by atoms with Gasteiger partial charge in [-0.15, -0.1) is 0 Å². The molecule has 9 heteroatoms. The lowest BCUT2D eigenvalue weighted by molar-refractivity contribution is -0.147. The molecular formula is C37H44N2O7. The molecule has 2 heterocycles. The van der Waals surface area contributed by atoms with Crippen molar-refractivity contribution in [3.63, 3.8) is 0 Å². The molecule has 244 valence electrons. The number of aliphatic imine (C=N–C) groups is 1. The molecule has 2 aliphatic rings. The molecule has 0 radical (unpaired) electrons. The third kappa shape index (κ3) is 6.73. The van der Waals surface area contributed by atoms with Crippen LogP contribution in [0.4, 0.5) is 11.4 Å². The number of hydrogen-bond donors (Lipinski definition) is 0. The number of rotatable bonds is 13. The molecule has 0 fully saturated rings. The molecule has 0 aromatic heterocycles. The molecule has 0 saturated carbocycles. The van der Waals surface area contributed by atoms with E-state index in [1.54, 1.807) is 19.1 Å². The molecule has 0 amide bonds. The van der Waals surface area contributed by atoms with Crippen molar-refractivity contribution in [1.82, 2.24) is 0 Å². The maximum Gasteiger partial charge on any atom is 0.311 e. The quantitative estimate of drug-likeness (QED) is 0.109. The molecule has 1 atom stereocenters. The van der Waals surface area contributed by atoms with Crippen LogP contribution in [0.25, 0.3) is 10.8 Å². The van der Waals surface area contributed by atoms with Gasteiger partial charge in [0.25, 0.3) is 0 Å². The number of carbonyl (C=O) groups is 3. The van der Waals surface area contributed by atoms with Crippen molar-refractivity contribution in [3.05, 3.63) is 60.2 Å². The lowest BCUT2D eigenvalue weighted by Gasteiger charge is -2.46. The zero-order valence-electron chi connectivity index (χ0n) is 27.5. The lowest BCUT2D eigenvalue weighted by atomic mass is 9.77. The average Bonchev–Trinajstić information content (AvgIpc) is 3.19. The van der Waals surface area contributed by atoms with Gasteiger partial charge in [-0.25, -0.2) is 0 Å². The van der Waals surface area contributed by atoms with Gasteiger partial charge >= 0.3 is 17.9 Å². The molecule has 2 aliphatic heterocycles. The van der Waals surface area contributed by atoms with Gasteiger partial charge in [-0.2, -0.15) is 0 Å². The van der Waals surface area contributed by atoms with E-state index in [-0.39, 0.29) is 30.8 Å². The Hall–Kier alpha value is -4.40. The first kappa shape index (κ1) is 33.0. The number of ether oxygens (including phenoxy) is 4. The Kier molecular flexibility index (Phi) is 9.99. The SMILES string of the molecule is CCOC(=O)CCCCCOC(=O)CCC(=O)Oc1ccc2ccc3c(c2c1)N=CC1(O3)N(CC(C)C)c2ccccc2C1(C)C. The van der Waals surface area contributed by atoms with Gasteiger partial charge in [-0.05, 0) is 81.2 Å². The van der Waals surface area contributed by atoms with E-state index in [9.17, 15) is 14.4 Å². The molecule has 0 N–H and O–H groups in total. The predicted molar refractivity (Wildman–Crippen MR) is 178 cm³/mol. The normalized spacial score (nSPS) is 17.5. The van der Waals surface area contributed by atoms with E-state index in [1.165, 1.54) is 5.56 Å². The van der Waals surface area contributed by atoms with Crippen LogP contribution in [0.5, 0.6) is 11.5 Å². The van der Waals surface area contributed by atoms with E-state index >= 15 is 0 Å². The van der Waals surface area contributed by atoms with Gasteiger partial charge in [0.1, 0.15) is 17.2 Å². The van der Waals surface area contributed by atoms with E-state index in [4.69, 9.17) is 23.9 Å². The summed E-state index contributed by atoms with van der Waals surface area (Å²) in [6.45, 7) is 12.0. The molecular weight excluding hydrogens is 584 g/mol. The summed E-state index contributed by atoms with van der Waals surface area (Å²) in [6.07, 6.45) is 4.19. The fourth-order valence-electron chi connectivity index (χ4n) is 6.27. The van der Waals surface area contributed by atoms with E-state index in [0.29, 0.717) is 49.0 Å². The summed E-state index contributed by atoms with van der Waals surface area (Å²) in [5.41, 5.74) is 1.87. The minimum absolute atomic E-state index is 0.0735. The number of hydrogen-bond acceptors (Lipinski definition) is 9. The molecule has 0 bridgehead atoms. The van der Waals surface area contributed by atoms with E-state index in [2.05, 4.69) is 56.9 Å². The van der Waals surface area contributed by atoms with E-state index < -0.39 is 17.7 Å². The van der Waals surface area contributed by atoms with Crippen LogP contribution in [-0.4, -0.2) is 49.6 Å². The molecule has 3 aromatic rings. The Bertz CT molecular complexity index is 1630. The number of anilines is 1. The van der Waals surface area contributed by atoms with Gasteiger partial charge in [0.2, 0.25) is 5.72 Å². The van der Waals surface area contributed by atoms with Gasteiger partial charge in [0.05, 0.1) is 37.7 Å². The second-order valence-electron chi connectivity index (χ2n) is 12.8. The third-order valence-corrected chi connectivity index (χ3v) is 8.63. The highest BCUT2D eigenvalue weighted by Crippen LogP contribution is 2.55. The smallest absolute Gasteiger partial charge is 0.311 e. The summed E-state index contributed by atoms with van der Waals surface area (Å²) >= 11 is 0. The van der Waals surface area contributed by atoms with Crippen LogP contribution in [0, 0.1) is 5.92 Å². The van der Waals surface area contributed by atoms with Gasteiger partial charge < -0.3 is 23.8 Å². The van der Waals surface area contributed by atoms with Crippen LogP contribution < -0.4 is 14.4 Å². The maximum absolute atomic E-state index is 12.6. The number of nitrogens with zero attached hydrogens (tertiary/aromatic N) is 2. The Balaban J connectivity index is 1.22. The van der Waals surface area contributed by atoms with Crippen LogP contribution in [0.3, 0.4) is 0 Å². The minimum atomic E-state index is -0.803. The molecule has 1 spiro atoms. The van der Waals surface area contributed by atoms with Gasteiger partial charge in [0, 0.05) is 24.0 Å². The van der Waals surface area contributed by atoms with E-state index in [1.807, 2.05) is 24.4 Å². The molecule has 1 unspecified atom stereocenters. The molecule has 9 nitrogen and oxygen atoms in total. The Morgan fingerprint density at radius 2 is 1.63 bits per heavy atom. The van der Waals surface area contributed by atoms with Crippen molar-refractivity contribution in [3.8, 4) is 11.5 Å². The highest BCUT2D eigenvalue weighted by atomic mass is 16.5. The maximum atomic E-state index is 12.6. The molecule has 3 aromatic carbocycles.